The van der Waals surface area contributed by atoms with E-state index < -0.39 is 58.2 Å². The molecule has 0 unspecified atom stereocenters. The number of hydroxylamine groups is 2. The molecule has 21 heteroatoms. The van der Waals surface area contributed by atoms with Crippen LogP contribution in [0.2, 0.25) is 0 Å². The number of ether oxygens (including phenoxy) is 1. The van der Waals surface area contributed by atoms with Crippen molar-refractivity contribution < 1.29 is 51.0 Å². The summed E-state index contributed by atoms with van der Waals surface area (Å²) in [7, 11) is -1.47. The number of pyridine rings is 1. The van der Waals surface area contributed by atoms with Crippen molar-refractivity contribution in [2.75, 3.05) is 17.7 Å². The number of carboxylic acid groups (broad SMARTS) is 1. The van der Waals surface area contributed by atoms with Crippen LogP contribution in [0.1, 0.15) is 19.5 Å². The summed E-state index contributed by atoms with van der Waals surface area (Å²) < 4.78 is 46.6. The molecule has 48 heavy (non-hydrogen) atoms. The van der Waals surface area contributed by atoms with Crippen LogP contribution in [0.25, 0.3) is 10.9 Å². The Kier molecular flexibility index (Phi) is 9.22. The Balaban J connectivity index is 1.28. The molecule has 0 saturated carbocycles. The van der Waals surface area contributed by atoms with E-state index in [2.05, 4.69) is 30.0 Å². The van der Waals surface area contributed by atoms with Crippen LogP contribution >= 0.6 is 11.3 Å². The number of benzene rings is 1. The maximum Gasteiger partial charge on any atom is 0.351 e. The molecule has 2 amide bonds. The van der Waals surface area contributed by atoms with Gasteiger partial charge in [0.15, 0.2) is 29.9 Å². The zero-order chi connectivity index (χ0) is 35.0. The second-order valence-corrected chi connectivity index (χ2v) is 12.8. The maximum atomic E-state index is 13.2. The smallest absolute Gasteiger partial charge is 0.351 e. The minimum atomic E-state index is -5.27. The van der Waals surface area contributed by atoms with Crippen LogP contribution < -0.4 is 25.8 Å². The molecule has 1 aliphatic rings. The van der Waals surface area contributed by atoms with E-state index in [4.69, 9.17) is 15.3 Å². The summed E-state index contributed by atoms with van der Waals surface area (Å²) in [4.78, 5) is 51.5. The average molecular weight is 704 g/mol. The van der Waals surface area contributed by atoms with Gasteiger partial charge in [0.2, 0.25) is 10.4 Å². The maximum absolute atomic E-state index is 13.2. The Morgan fingerprint density at radius 3 is 2.60 bits per heavy atom. The molecule has 0 bridgehead atoms. The molecule has 0 spiro atoms. The molecule has 1 saturated heterocycles. The van der Waals surface area contributed by atoms with E-state index >= 15 is 0 Å². The number of rotatable bonds is 13. The number of aromatic nitrogens is 4. The summed E-state index contributed by atoms with van der Waals surface area (Å²) in [5, 5.41) is 21.5. The lowest BCUT2D eigenvalue weighted by Gasteiger charge is -2.51. The zero-order valence-electron chi connectivity index (χ0n) is 25.7. The van der Waals surface area contributed by atoms with Crippen molar-refractivity contribution in [2.45, 2.75) is 31.5 Å². The largest absolute Gasteiger partial charge is 0.724 e. The van der Waals surface area contributed by atoms with Crippen LogP contribution in [-0.4, -0.2) is 85.6 Å². The first-order chi connectivity index (χ1) is 22.5. The van der Waals surface area contributed by atoms with Crippen LogP contribution in [-0.2, 0) is 48.0 Å². The average Bonchev–Trinajstić information content (AvgIpc) is 3.59. The molecule has 254 valence electrons. The van der Waals surface area contributed by atoms with Gasteiger partial charge in [-0.05, 0) is 44.2 Å². The minimum Gasteiger partial charge on any atom is -0.724 e. The Labute approximate surface area is 276 Å². The van der Waals surface area contributed by atoms with E-state index in [1.807, 2.05) is 41.8 Å². The molecule has 0 aliphatic carbocycles. The van der Waals surface area contributed by atoms with E-state index in [1.165, 1.54) is 19.2 Å². The zero-order valence-corrected chi connectivity index (χ0v) is 27.3. The Morgan fingerprint density at radius 2 is 2.00 bits per heavy atom. The number of β-lactam (4-membered cyclic amide) rings is 1. The molecule has 19 nitrogen and oxygen atoms in total. The van der Waals surface area contributed by atoms with Crippen molar-refractivity contribution in [3.63, 3.8) is 0 Å². The number of thiazole rings is 1. The van der Waals surface area contributed by atoms with Crippen molar-refractivity contribution in [1.29, 1.82) is 0 Å². The molecule has 3 aromatic heterocycles. The number of carboxylic acids is 1. The predicted molar refractivity (Wildman–Crippen MR) is 166 cm³/mol. The predicted octanol–water partition coefficient (Wildman–Crippen LogP) is -0.0696. The van der Waals surface area contributed by atoms with Crippen LogP contribution in [0.3, 0.4) is 0 Å². The number of oxime groups is 1. The number of carbonyl (C=O) groups is 3. The number of fused-ring (bicyclic) bond motifs is 1. The third kappa shape index (κ3) is 7.27. The SMILES string of the molecule is Cn1c(Nc2ccc3cc(OC[C@H](O/N=C(\C(=O)N[C@@H]4C(=O)N(OS(=O)(=O)[O-])C4(C)C)c4csc(N)n4)C(=O)O)ccc3n2)cc[n+]1C. The van der Waals surface area contributed by atoms with E-state index in [1.54, 1.807) is 24.3 Å². The molecule has 0 radical (unpaired) electrons. The third-order valence-corrected chi connectivity index (χ3v) is 8.24. The highest BCUT2D eigenvalue weighted by molar-refractivity contribution is 7.80. The van der Waals surface area contributed by atoms with Gasteiger partial charge in [-0.15, -0.1) is 20.7 Å². The number of aryl methyl sites for hydroxylation is 1. The number of nitrogens with zero attached hydrogens (tertiary/aromatic N) is 6. The number of carbonyl (C=O) groups excluding carboxylic acids is 2. The number of amides is 2. The topological polar surface area (TPSA) is 257 Å². The Morgan fingerprint density at radius 1 is 1.25 bits per heavy atom. The highest BCUT2D eigenvalue weighted by atomic mass is 32.3. The highest BCUT2D eigenvalue weighted by Crippen LogP contribution is 2.33. The van der Waals surface area contributed by atoms with E-state index in [0.29, 0.717) is 27.5 Å². The Hall–Kier alpha value is -5.38. The molecule has 2 atom stereocenters. The second-order valence-electron chi connectivity index (χ2n) is 10.9. The molecule has 1 aromatic carbocycles. The quantitative estimate of drug-likeness (QED) is 0.0355. The number of nitrogens with two attached hydrogens (primary N) is 1. The first-order valence-electron chi connectivity index (χ1n) is 13.8. The Bertz CT molecular complexity index is 2040. The summed E-state index contributed by atoms with van der Waals surface area (Å²) >= 11 is 0.949. The number of anilines is 3. The van der Waals surface area contributed by atoms with Gasteiger partial charge in [0.1, 0.15) is 29.9 Å². The number of hydrogen-bond donors (Lipinski definition) is 4. The lowest BCUT2D eigenvalue weighted by atomic mass is 9.84. The fourth-order valence-electron chi connectivity index (χ4n) is 4.53. The molecule has 4 aromatic rings. The van der Waals surface area contributed by atoms with Gasteiger partial charge in [0.25, 0.3) is 17.9 Å². The van der Waals surface area contributed by atoms with Gasteiger partial charge in [-0.3, -0.25) is 9.59 Å². The first kappa shape index (κ1) is 34.0. The lowest BCUT2D eigenvalue weighted by molar-refractivity contribution is -0.750. The standard InChI is InChI=1S/C27H29N9O10S2/c1-27(2)22(24(38)36(27)46-48(41,42)43)32-23(37)21(17-13-47-26(28)30-17)33-45-18(25(39)40)12-44-15-6-7-16-14(11-15)5-8-19(29-16)31-20-9-10-34(3)35(20)4/h5-11,13,18,22H,12H2,1-4H3,(H5,28,30,32,37,39,40,41,42,43)/b33-21-/t18-,22+/m0/s1. The first-order valence-corrected chi connectivity index (χ1v) is 16.1. The summed E-state index contributed by atoms with van der Waals surface area (Å²) in [6.45, 7) is 2.14. The highest BCUT2D eigenvalue weighted by Gasteiger charge is 2.57. The summed E-state index contributed by atoms with van der Waals surface area (Å²) in [5.41, 5.74) is 4.23. The van der Waals surface area contributed by atoms with Crippen molar-refractivity contribution in [1.82, 2.24) is 25.0 Å². The van der Waals surface area contributed by atoms with Gasteiger partial charge < -0.3 is 35.6 Å². The van der Waals surface area contributed by atoms with Crippen LogP contribution in [0.15, 0.2) is 53.1 Å². The molecular weight excluding hydrogens is 674 g/mol. The molecule has 1 aliphatic heterocycles. The summed E-state index contributed by atoms with van der Waals surface area (Å²) in [6, 6.07) is 9.11. The monoisotopic (exact) mass is 703 g/mol. The molecule has 5 N–H and O–H groups in total. The number of aliphatic carboxylic acids is 1. The second kappa shape index (κ2) is 13.0. The van der Waals surface area contributed by atoms with Crippen molar-refractivity contribution >= 4 is 72.9 Å². The van der Waals surface area contributed by atoms with Gasteiger partial charge in [-0.25, -0.2) is 23.2 Å². The van der Waals surface area contributed by atoms with E-state index in [-0.39, 0.29) is 10.8 Å². The number of nitrogen functional groups attached to an aromatic ring is 1. The van der Waals surface area contributed by atoms with Crippen LogP contribution in [0, 0.1) is 0 Å². The molecule has 5 rings (SSSR count). The molecular formula is C27H29N9O10S2. The fourth-order valence-corrected chi connectivity index (χ4v) is 5.52. The van der Waals surface area contributed by atoms with Gasteiger partial charge in [0, 0.05) is 10.8 Å². The third-order valence-electron chi connectivity index (χ3n) is 7.23. The van der Waals surface area contributed by atoms with Gasteiger partial charge in [0.05, 0.1) is 24.2 Å². The molecule has 1 fully saturated rings. The van der Waals surface area contributed by atoms with E-state index in [9.17, 15) is 32.5 Å². The molecule has 4 heterocycles. The van der Waals surface area contributed by atoms with Gasteiger partial charge in [-0.2, -0.15) is 9.35 Å². The van der Waals surface area contributed by atoms with Crippen LogP contribution in [0.4, 0.5) is 16.8 Å². The number of hydrogen-bond acceptors (Lipinski definition) is 15. The van der Waals surface area contributed by atoms with Crippen molar-refractivity contribution in [2.24, 2.45) is 19.3 Å². The van der Waals surface area contributed by atoms with Crippen molar-refractivity contribution in [3.05, 3.63) is 53.7 Å². The summed E-state index contributed by atoms with van der Waals surface area (Å²) in [5.74, 6) is -1.79. The van der Waals surface area contributed by atoms with Crippen LogP contribution in [0.5, 0.6) is 5.75 Å². The normalized spacial score (nSPS) is 16.7. The lowest BCUT2D eigenvalue weighted by Crippen LogP contribution is -2.76. The summed E-state index contributed by atoms with van der Waals surface area (Å²) in [6.07, 6.45) is 0.192. The van der Waals surface area contributed by atoms with E-state index in [0.717, 1.165) is 17.2 Å². The van der Waals surface area contributed by atoms with Gasteiger partial charge >= 0.3 is 5.97 Å². The van der Waals surface area contributed by atoms with Gasteiger partial charge in [-0.1, -0.05) is 5.16 Å². The number of nitrogens with one attached hydrogen (secondary N) is 2. The van der Waals surface area contributed by atoms with Crippen molar-refractivity contribution in [3.8, 4) is 5.75 Å². The minimum absolute atomic E-state index is 0.0478. The fraction of sp³-hybridized carbons (Fsp3) is 0.296.